The fourth-order valence-electron chi connectivity index (χ4n) is 2.07. The van der Waals surface area contributed by atoms with Crippen molar-refractivity contribution in [2.75, 3.05) is 24.2 Å². The number of rotatable bonds is 1. The number of urea groups is 1. The van der Waals surface area contributed by atoms with Gasteiger partial charge in [-0.25, -0.2) is 13.6 Å². The molecule has 0 saturated carbocycles. The maximum Gasteiger partial charge on any atom is 0.321 e. The third-order valence-electron chi connectivity index (χ3n) is 3.27. The molecule has 4 nitrogen and oxygen atoms in total. The van der Waals surface area contributed by atoms with Crippen LogP contribution in [0.3, 0.4) is 0 Å². The van der Waals surface area contributed by atoms with Crippen molar-refractivity contribution < 1.29 is 17.8 Å². The molecule has 0 aromatic heterocycles. The second-order valence-corrected chi connectivity index (χ2v) is 8.02. The van der Waals surface area contributed by atoms with E-state index in [0.29, 0.717) is 18.8 Å². The maximum absolute atomic E-state index is 13.2. The van der Waals surface area contributed by atoms with Crippen molar-refractivity contribution in [3.63, 3.8) is 0 Å². The Morgan fingerprint density at radius 2 is 2.00 bits per heavy atom. The van der Waals surface area contributed by atoms with Crippen molar-refractivity contribution >= 4 is 34.1 Å². The molecule has 21 heavy (non-hydrogen) atoms. The lowest BCUT2D eigenvalue weighted by molar-refractivity contribution is 0.207. The van der Waals surface area contributed by atoms with Crippen LogP contribution < -0.4 is 5.32 Å². The minimum absolute atomic E-state index is 0.00469. The van der Waals surface area contributed by atoms with Gasteiger partial charge in [-0.1, -0.05) is 11.6 Å². The lowest BCUT2D eigenvalue weighted by atomic mass is 10.2. The fraction of sp³-hybridized carbons (Fsp3) is 0.462. The molecule has 0 aliphatic carbocycles. The van der Waals surface area contributed by atoms with Gasteiger partial charge >= 0.3 is 6.03 Å². The monoisotopic (exact) mass is 336 g/mol. The van der Waals surface area contributed by atoms with Gasteiger partial charge in [0.05, 0.1) is 15.5 Å². The summed E-state index contributed by atoms with van der Waals surface area (Å²) in [4.78, 5) is 13.6. The van der Waals surface area contributed by atoms with Gasteiger partial charge in [-0.05, 0) is 19.9 Å². The van der Waals surface area contributed by atoms with Gasteiger partial charge in [0.1, 0.15) is 0 Å². The van der Waals surface area contributed by atoms with Gasteiger partial charge in [-0.2, -0.15) is 0 Å². The quantitative estimate of drug-likeness (QED) is 0.801. The highest BCUT2D eigenvalue weighted by Crippen LogP contribution is 2.26. The number of nitrogens with zero attached hydrogens (tertiary/aromatic N) is 1. The molecule has 0 unspecified atom stereocenters. The first kappa shape index (κ1) is 16.2. The smallest absolute Gasteiger partial charge is 0.321 e. The molecule has 1 N–H and O–H groups in total. The minimum atomic E-state index is -1.09. The number of hydrogen-bond acceptors (Lipinski definition) is 2. The molecule has 1 aliphatic heterocycles. The molecule has 2 rings (SSSR count). The van der Waals surface area contributed by atoms with Crippen molar-refractivity contribution in [1.29, 1.82) is 0 Å². The third kappa shape index (κ3) is 3.52. The molecular weight excluding hydrogens is 322 g/mol. The highest BCUT2D eigenvalue weighted by atomic mass is 35.5. The lowest BCUT2D eigenvalue weighted by Gasteiger charge is -2.37. The van der Waals surface area contributed by atoms with Crippen LogP contribution in [0.1, 0.15) is 13.8 Å². The van der Waals surface area contributed by atoms with Gasteiger partial charge in [0, 0.05) is 35.7 Å². The van der Waals surface area contributed by atoms with E-state index in [9.17, 15) is 17.8 Å². The first-order valence-electron chi connectivity index (χ1n) is 6.29. The van der Waals surface area contributed by atoms with E-state index < -0.39 is 33.2 Å². The van der Waals surface area contributed by atoms with Gasteiger partial charge in [-0.15, -0.1) is 0 Å². The summed E-state index contributed by atoms with van der Waals surface area (Å²) >= 11 is 5.78. The zero-order valence-electron chi connectivity index (χ0n) is 11.6. The topological polar surface area (TPSA) is 49.4 Å². The summed E-state index contributed by atoms with van der Waals surface area (Å²) < 4.78 is 37.5. The number of hydrogen-bond donors (Lipinski definition) is 1. The number of amides is 2. The summed E-state index contributed by atoms with van der Waals surface area (Å²) in [6, 6.07) is 1.16. The Morgan fingerprint density at radius 1 is 1.38 bits per heavy atom. The van der Waals surface area contributed by atoms with Crippen LogP contribution in [0.5, 0.6) is 0 Å². The number of carbonyl (C=O) groups is 1. The van der Waals surface area contributed by atoms with Crippen molar-refractivity contribution in [2.24, 2.45) is 0 Å². The molecular formula is C13H15ClF2N2O2S. The SMILES string of the molecule is CC1(C)CN(C(=O)Nc2cc(F)c(F)cc2Cl)CC[S@]1=O. The second kappa shape index (κ2) is 5.88. The average Bonchev–Trinajstić information content (AvgIpc) is 2.39. The van der Waals surface area contributed by atoms with Crippen LogP contribution in [0.2, 0.25) is 5.02 Å². The molecule has 1 aliphatic rings. The Kier molecular flexibility index (Phi) is 4.53. The predicted molar refractivity (Wildman–Crippen MR) is 79.0 cm³/mol. The van der Waals surface area contributed by atoms with Gasteiger partial charge in [-0.3, -0.25) is 4.21 Å². The Hall–Kier alpha value is -1.21. The highest BCUT2D eigenvalue weighted by molar-refractivity contribution is 7.86. The molecule has 1 aromatic carbocycles. The van der Waals surface area contributed by atoms with Gasteiger partial charge in [0.15, 0.2) is 11.6 Å². The molecule has 0 spiro atoms. The van der Waals surface area contributed by atoms with Crippen molar-refractivity contribution in [3.8, 4) is 0 Å². The van der Waals surface area contributed by atoms with Gasteiger partial charge in [0.25, 0.3) is 0 Å². The number of carbonyl (C=O) groups excluding carboxylic acids is 1. The predicted octanol–water partition coefficient (Wildman–Crippen LogP) is 2.99. The van der Waals surface area contributed by atoms with Gasteiger partial charge < -0.3 is 10.2 Å². The van der Waals surface area contributed by atoms with E-state index in [0.717, 1.165) is 12.1 Å². The van der Waals surface area contributed by atoms with Crippen LogP contribution in [0.15, 0.2) is 12.1 Å². The van der Waals surface area contributed by atoms with E-state index in [1.54, 1.807) is 0 Å². The Balaban J connectivity index is 2.12. The molecule has 1 fully saturated rings. The summed E-state index contributed by atoms with van der Waals surface area (Å²) in [6.07, 6.45) is 0. The zero-order chi connectivity index (χ0) is 15.8. The standard InChI is InChI=1S/C13H15ClF2N2O2S/c1-13(2)7-18(3-4-21(13)20)12(19)17-11-6-10(16)9(15)5-8(11)14/h5-6H,3-4,7H2,1-2H3,(H,17,19)/t21-/m1/s1. The van der Waals surface area contributed by atoms with Crippen LogP contribution in [-0.4, -0.2) is 38.7 Å². The fourth-order valence-corrected chi connectivity index (χ4v) is 3.50. The Bertz CT molecular complexity index is 610. The van der Waals surface area contributed by atoms with Crippen LogP contribution in [0.4, 0.5) is 19.3 Å². The molecule has 116 valence electrons. The summed E-state index contributed by atoms with van der Waals surface area (Å²) in [5, 5.41) is 2.37. The first-order valence-corrected chi connectivity index (χ1v) is 7.99. The Labute approximate surface area is 128 Å². The van der Waals surface area contributed by atoms with Crippen LogP contribution >= 0.6 is 11.6 Å². The normalized spacial score (nSPS) is 21.2. The average molecular weight is 337 g/mol. The highest BCUT2D eigenvalue weighted by Gasteiger charge is 2.35. The molecule has 1 atom stereocenters. The van der Waals surface area contributed by atoms with E-state index >= 15 is 0 Å². The van der Waals surface area contributed by atoms with Crippen molar-refractivity contribution in [3.05, 3.63) is 28.8 Å². The number of benzene rings is 1. The molecule has 1 heterocycles. The molecule has 2 amide bonds. The van der Waals surface area contributed by atoms with Crippen LogP contribution in [0, 0.1) is 11.6 Å². The molecule has 1 saturated heterocycles. The summed E-state index contributed by atoms with van der Waals surface area (Å²) in [5.41, 5.74) is 0.00469. The second-order valence-electron chi connectivity index (χ2n) is 5.41. The van der Waals surface area contributed by atoms with E-state index in [1.165, 1.54) is 4.90 Å². The first-order chi connectivity index (χ1) is 9.70. The van der Waals surface area contributed by atoms with E-state index in [4.69, 9.17) is 11.6 Å². The summed E-state index contributed by atoms with van der Waals surface area (Å²) in [7, 11) is -1.00. The zero-order valence-corrected chi connectivity index (χ0v) is 13.2. The van der Waals surface area contributed by atoms with Crippen molar-refractivity contribution in [2.45, 2.75) is 18.6 Å². The van der Waals surface area contributed by atoms with E-state index in [-0.39, 0.29) is 10.7 Å². The maximum atomic E-state index is 13.2. The van der Waals surface area contributed by atoms with E-state index in [2.05, 4.69) is 5.32 Å². The van der Waals surface area contributed by atoms with Crippen LogP contribution in [0.25, 0.3) is 0 Å². The van der Waals surface area contributed by atoms with E-state index in [1.807, 2.05) is 13.8 Å². The number of anilines is 1. The summed E-state index contributed by atoms with van der Waals surface area (Å²) in [6.45, 7) is 4.27. The molecule has 8 heteroatoms. The lowest BCUT2D eigenvalue weighted by Crippen LogP contribution is -2.53. The molecule has 0 bridgehead atoms. The van der Waals surface area contributed by atoms with Gasteiger partial charge in [0.2, 0.25) is 0 Å². The van der Waals surface area contributed by atoms with Crippen molar-refractivity contribution in [1.82, 2.24) is 4.90 Å². The van der Waals surface area contributed by atoms with Crippen LogP contribution in [-0.2, 0) is 10.8 Å². The minimum Gasteiger partial charge on any atom is -0.322 e. The Morgan fingerprint density at radius 3 is 2.62 bits per heavy atom. The largest absolute Gasteiger partial charge is 0.322 e. The third-order valence-corrected chi connectivity index (χ3v) is 5.50. The number of halogens is 3. The number of nitrogens with one attached hydrogen (secondary N) is 1. The molecule has 0 radical (unpaired) electrons. The molecule has 1 aromatic rings. The summed E-state index contributed by atoms with van der Waals surface area (Å²) in [5.74, 6) is -1.78.